The first-order valence-corrected chi connectivity index (χ1v) is 13.4. The molecule has 0 spiro atoms. The van der Waals surface area contributed by atoms with Gasteiger partial charge < -0.3 is 34.4 Å². The number of ether oxygens (including phenoxy) is 1. The molecule has 2 aromatic carbocycles. The van der Waals surface area contributed by atoms with Crippen LogP contribution in [-0.4, -0.2) is 107 Å². The van der Waals surface area contributed by atoms with Crippen molar-refractivity contribution in [2.24, 2.45) is 7.05 Å². The molecule has 236 valence electrons. The lowest BCUT2D eigenvalue weighted by molar-refractivity contribution is -0.133. The summed E-state index contributed by atoms with van der Waals surface area (Å²) in [5.41, 5.74) is 0.833. The SMILES string of the molecule is CN(C)CC(=O)N1CCN(C(=O)c2ccc(NC(=O)c3ncc(-c4ccc(OC(F)F)cc4F)n3C)cc2Cl)CC1.O=CO. The highest BCUT2D eigenvalue weighted by Crippen LogP contribution is 2.28. The van der Waals surface area contributed by atoms with E-state index >= 15 is 0 Å². The van der Waals surface area contributed by atoms with Gasteiger partial charge in [-0.15, -0.1) is 0 Å². The van der Waals surface area contributed by atoms with Crippen LogP contribution in [0.4, 0.5) is 18.9 Å². The molecule has 2 heterocycles. The van der Waals surface area contributed by atoms with Crippen LogP contribution in [0, 0.1) is 5.82 Å². The Morgan fingerprint density at radius 3 is 2.32 bits per heavy atom. The number of benzene rings is 2. The van der Waals surface area contributed by atoms with Gasteiger partial charge in [0.05, 0.1) is 29.0 Å². The zero-order valence-electron chi connectivity index (χ0n) is 24.0. The molecule has 1 aromatic heterocycles. The largest absolute Gasteiger partial charge is 0.483 e. The van der Waals surface area contributed by atoms with E-state index in [0.29, 0.717) is 38.4 Å². The summed E-state index contributed by atoms with van der Waals surface area (Å²) in [7, 11) is 5.14. The number of halogens is 4. The van der Waals surface area contributed by atoms with E-state index in [4.69, 9.17) is 21.5 Å². The van der Waals surface area contributed by atoms with Crippen molar-refractivity contribution in [3.8, 4) is 17.0 Å². The lowest BCUT2D eigenvalue weighted by Crippen LogP contribution is -2.52. The number of hydrogen-bond acceptors (Lipinski definition) is 7. The highest BCUT2D eigenvalue weighted by Gasteiger charge is 2.26. The summed E-state index contributed by atoms with van der Waals surface area (Å²) in [6, 6.07) is 7.74. The number of alkyl halides is 2. The summed E-state index contributed by atoms with van der Waals surface area (Å²) >= 11 is 6.40. The smallest absolute Gasteiger partial charge is 0.387 e. The number of nitrogens with zero attached hydrogens (tertiary/aromatic N) is 5. The number of aromatic nitrogens is 2. The highest BCUT2D eigenvalue weighted by atomic mass is 35.5. The number of rotatable bonds is 8. The van der Waals surface area contributed by atoms with E-state index in [9.17, 15) is 27.6 Å². The summed E-state index contributed by atoms with van der Waals surface area (Å²) in [5.74, 6) is -2.11. The van der Waals surface area contributed by atoms with Crippen molar-refractivity contribution in [3.05, 3.63) is 64.8 Å². The van der Waals surface area contributed by atoms with Crippen LogP contribution in [0.15, 0.2) is 42.6 Å². The average Bonchev–Trinajstić information content (AvgIpc) is 3.33. The Balaban J connectivity index is 0.00000169. The molecule has 12 nitrogen and oxygen atoms in total. The predicted octanol–water partition coefficient (Wildman–Crippen LogP) is 3.28. The number of carboxylic acid groups (broad SMARTS) is 1. The molecule has 3 aromatic rings. The van der Waals surface area contributed by atoms with Crippen molar-refractivity contribution in [1.82, 2.24) is 24.3 Å². The van der Waals surface area contributed by atoms with Crippen LogP contribution in [0.25, 0.3) is 11.3 Å². The molecular weight excluding hydrogens is 609 g/mol. The molecule has 3 amide bonds. The van der Waals surface area contributed by atoms with E-state index in [0.717, 1.165) is 6.07 Å². The van der Waals surface area contributed by atoms with Crippen molar-refractivity contribution in [2.45, 2.75) is 6.61 Å². The van der Waals surface area contributed by atoms with Crippen molar-refractivity contribution in [3.63, 3.8) is 0 Å². The topological polar surface area (TPSA) is 137 Å². The first kappa shape index (κ1) is 33.9. The van der Waals surface area contributed by atoms with E-state index in [1.165, 1.54) is 48.1 Å². The second kappa shape index (κ2) is 15.2. The van der Waals surface area contributed by atoms with Crippen molar-refractivity contribution < 1.29 is 42.2 Å². The number of carbonyl (C=O) groups excluding carboxylic acids is 3. The van der Waals surface area contributed by atoms with Crippen LogP contribution in [-0.2, 0) is 16.6 Å². The molecule has 0 atom stereocenters. The number of imidazole rings is 1. The number of anilines is 1. The van der Waals surface area contributed by atoms with Crippen molar-refractivity contribution in [1.29, 1.82) is 0 Å². The summed E-state index contributed by atoms with van der Waals surface area (Å²) < 4.78 is 44.9. The lowest BCUT2D eigenvalue weighted by atomic mass is 10.1. The number of carbonyl (C=O) groups is 4. The maximum Gasteiger partial charge on any atom is 0.387 e. The first-order valence-electron chi connectivity index (χ1n) is 13.0. The molecule has 0 saturated carbocycles. The third-order valence-electron chi connectivity index (χ3n) is 6.46. The van der Waals surface area contributed by atoms with Gasteiger partial charge in [0.25, 0.3) is 18.3 Å². The van der Waals surface area contributed by atoms with Crippen LogP contribution in [0.5, 0.6) is 5.75 Å². The van der Waals surface area contributed by atoms with Crippen LogP contribution < -0.4 is 10.1 Å². The number of hydrogen-bond donors (Lipinski definition) is 2. The molecule has 1 aliphatic heterocycles. The minimum absolute atomic E-state index is 0.00237. The lowest BCUT2D eigenvalue weighted by Gasteiger charge is -2.35. The number of amides is 3. The zero-order valence-corrected chi connectivity index (χ0v) is 24.7. The molecule has 0 radical (unpaired) electrons. The molecule has 44 heavy (non-hydrogen) atoms. The zero-order chi connectivity index (χ0) is 32.6. The standard InChI is InChI=1S/C27H28ClF3N6O4.CH2O2/c1-34(2)15-23(38)36-8-10-37(11-9-36)26(40)18-6-4-16(12-20(18)28)33-25(39)24-32-14-22(35(24)3)19-7-5-17(13-21(19)29)41-27(30)31;2-1-3/h4-7,12-14,27H,8-11,15H2,1-3H3,(H,33,39);1H,(H,2,3). The molecule has 16 heteroatoms. The van der Waals surface area contributed by atoms with Gasteiger partial charge >= 0.3 is 6.61 Å². The second-order valence-corrected chi connectivity index (χ2v) is 10.1. The van der Waals surface area contributed by atoms with Gasteiger partial charge in [-0.1, -0.05) is 11.6 Å². The molecule has 1 fully saturated rings. The molecule has 2 N–H and O–H groups in total. The van der Waals surface area contributed by atoms with E-state index < -0.39 is 18.3 Å². The molecule has 4 rings (SSSR count). The Hall–Kier alpha value is -4.63. The Kier molecular flexibility index (Phi) is 11.7. The van der Waals surface area contributed by atoms with E-state index in [-0.39, 0.29) is 51.7 Å². The van der Waals surface area contributed by atoms with E-state index in [1.54, 1.807) is 14.7 Å². The summed E-state index contributed by atoms with van der Waals surface area (Å²) in [6.07, 6.45) is 1.28. The van der Waals surface area contributed by atoms with Gasteiger partial charge in [0.2, 0.25) is 5.91 Å². The van der Waals surface area contributed by atoms with E-state index in [2.05, 4.69) is 15.0 Å². The third kappa shape index (κ3) is 8.48. The minimum Gasteiger partial charge on any atom is -0.483 e. The van der Waals surface area contributed by atoms with Gasteiger partial charge in [0.15, 0.2) is 5.82 Å². The highest BCUT2D eigenvalue weighted by molar-refractivity contribution is 6.34. The third-order valence-corrected chi connectivity index (χ3v) is 6.77. The Morgan fingerprint density at radius 1 is 1.11 bits per heavy atom. The van der Waals surface area contributed by atoms with Gasteiger partial charge in [-0.05, 0) is 44.4 Å². The van der Waals surface area contributed by atoms with Crippen LogP contribution >= 0.6 is 11.6 Å². The number of piperazine rings is 1. The molecule has 0 bridgehead atoms. The Bertz CT molecular complexity index is 1510. The van der Waals surface area contributed by atoms with Gasteiger partial charge in [-0.3, -0.25) is 19.2 Å². The average molecular weight is 639 g/mol. The fourth-order valence-corrected chi connectivity index (χ4v) is 4.66. The second-order valence-electron chi connectivity index (χ2n) is 9.71. The molecular formula is C28H30ClF3N6O6. The Morgan fingerprint density at radius 2 is 1.75 bits per heavy atom. The summed E-state index contributed by atoms with van der Waals surface area (Å²) in [5, 5.41) is 9.67. The van der Waals surface area contributed by atoms with Gasteiger partial charge in [-0.25, -0.2) is 9.37 Å². The van der Waals surface area contributed by atoms with Gasteiger partial charge in [-0.2, -0.15) is 8.78 Å². The summed E-state index contributed by atoms with van der Waals surface area (Å²) in [4.78, 5) is 55.8. The number of nitrogens with one attached hydrogen (secondary N) is 1. The van der Waals surface area contributed by atoms with Crippen molar-refractivity contribution >= 4 is 41.5 Å². The maximum atomic E-state index is 14.6. The van der Waals surface area contributed by atoms with E-state index in [1.807, 2.05) is 14.1 Å². The molecule has 0 aliphatic carbocycles. The monoisotopic (exact) mass is 638 g/mol. The number of likely N-dealkylation sites (N-methyl/N-ethyl adjacent to an activating group) is 1. The molecule has 1 aliphatic rings. The fraction of sp³-hybridized carbons (Fsp3) is 0.321. The van der Waals surface area contributed by atoms with Gasteiger partial charge in [0, 0.05) is 50.5 Å². The normalized spacial score (nSPS) is 12.9. The van der Waals surface area contributed by atoms with Crippen LogP contribution in [0.3, 0.4) is 0 Å². The maximum absolute atomic E-state index is 14.6. The quantitative estimate of drug-likeness (QED) is 0.359. The van der Waals surface area contributed by atoms with Gasteiger partial charge in [0.1, 0.15) is 11.6 Å². The molecule has 1 saturated heterocycles. The minimum atomic E-state index is -3.09. The fourth-order valence-electron chi connectivity index (χ4n) is 4.40. The summed E-state index contributed by atoms with van der Waals surface area (Å²) in [6.45, 7) is -1.45. The molecule has 0 unspecified atom stereocenters. The predicted molar refractivity (Wildman–Crippen MR) is 154 cm³/mol. The van der Waals surface area contributed by atoms with Crippen LogP contribution in [0.2, 0.25) is 5.02 Å². The van der Waals surface area contributed by atoms with Crippen LogP contribution in [0.1, 0.15) is 21.0 Å². The Labute approximate surface area is 255 Å². The first-order chi connectivity index (χ1) is 20.9. The van der Waals surface area contributed by atoms with Crippen molar-refractivity contribution in [2.75, 3.05) is 52.1 Å².